The summed E-state index contributed by atoms with van der Waals surface area (Å²) in [7, 11) is 0. The van der Waals surface area contributed by atoms with Crippen LogP contribution in [-0.4, -0.2) is 56.5 Å². The third-order valence-electron chi connectivity index (χ3n) is 5.98. The highest BCUT2D eigenvalue weighted by Gasteiger charge is 2.70. The summed E-state index contributed by atoms with van der Waals surface area (Å²) in [6.45, 7) is 5.07. The molecule has 0 radical (unpaired) electrons. The van der Waals surface area contributed by atoms with Crippen LogP contribution in [0.2, 0.25) is 0 Å². The van der Waals surface area contributed by atoms with Crippen LogP contribution in [0.3, 0.4) is 0 Å². The van der Waals surface area contributed by atoms with Crippen LogP contribution in [0, 0.1) is 11.8 Å². The molecule has 6 atom stereocenters. The topological polar surface area (TPSA) is 130 Å². The zero-order valence-corrected chi connectivity index (χ0v) is 15.5. The van der Waals surface area contributed by atoms with Crippen molar-refractivity contribution in [2.75, 3.05) is 0 Å². The standard InChI is InChI=1S/C19H24O8/c1-9-8-19-11(5-7-13(22)23)15(24)18(9,3)26-16(19)14(17(25)27-19)12(21)6-4-10(2)20/h5,7,9-11,15,20,24H,4,6,8H2,1-3H3,(H,22,23)/b7-5+/t9?,10-,11-,15-,18+,19-/m0/s1. The predicted molar refractivity (Wildman–Crippen MR) is 91.3 cm³/mol. The molecule has 0 aromatic carbocycles. The van der Waals surface area contributed by atoms with Gasteiger partial charge in [0.2, 0.25) is 0 Å². The number of aliphatic hydroxyl groups excluding tert-OH is 2. The van der Waals surface area contributed by atoms with Crippen molar-refractivity contribution >= 4 is 17.7 Å². The van der Waals surface area contributed by atoms with E-state index in [0.29, 0.717) is 6.42 Å². The number of ether oxygens (including phenoxy) is 2. The normalized spacial score (nSPS) is 38.6. The fraction of sp³-hybridized carbons (Fsp3) is 0.632. The van der Waals surface area contributed by atoms with Gasteiger partial charge in [-0.1, -0.05) is 13.0 Å². The van der Waals surface area contributed by atoms with Crippen LogP contribution in [0.15, 0.2) is 23.5 Å². The second-order valence-corrected chi connectivity index (χ2v) is 7.85. The summed E-state index contributed by atoms with van der Waals surface area (Å²) in [5.74, 6) is -3.47. The first-order valence-corrected chi connectivity index (χ1v) is 9.00. The summed E-state index contributed by atoms with van der Waals surface area (Å²) < 4.78 is 11.6. The maximum Gasteiger partial charge on any atom is 0.346 e. The van der Waals surface area contributed by atoms with Crippen LogP contribution in [0.5, 0.6) is 0 Å². The molecule has 0 aromatic heterocycles. The molecule has 8 nitrogen and oxygen atoms in total. The Kier molecular flexibility index (Phi) is 4.68. The summed E-state index contributed by atoms with van der Waals surface area (Å²) in [5.41, 5.74) is -2.68. The Morgan fingerprint density at radius 3 is 2.63 bits per heavy atom. The fourth-order valence-corrected chi connectivity index (χ4v) is 4.29. The largest absolute Gasteiger partial charge is 0.484 e. The van der Waals surface area contributed by atoms with E-state index < -0.39 is 47.0 Å². The van der Waals surface area contributed by atoms with Gasteiger partial charge in [0.25, 0.3) is 0 Å². The zero-order chi connectivity index (χ0) is 20.1. The molecule has 27 heavy (non-hydrogen) atoms. The number of carboxylic acids is 1. The van der Waals surface area contributed by atoms with Crippen LogP contribution in [0.1, 0.15) is 40.0 Å². The molecule has 3 N–H and O–H groups in total. The number of carboxylic acid groups (broad SMARTS) is 1. The maximum absolute atomic E-state index is 12.6. The van der Waals surface area contributed by atoms with E-state index in [4.69, 9.17) is 14.6 Å². The lowest BCUT2D eigenvalue weighted by Gasteiger charge is -2.59. The summed E-state index contributed by atoms with van der Waals surface area (Å²) in [6, 6.07) is 0. The molecule has 1 unspecified atom stereocenters. The number of fused-ring (bicyclic) bond motifs is 2. The Morgan fingerprint density at radius 2 is 2.04 bits per heavy atom. The van der Waals surface area contributed by atoms with Gasteiger partial charge < -0.3 is 24.8 Å². The molecule has 4 aliphatic rings. The van der Waals surface area contributed by atoms with Gasteiger partial charge in [0.15, 0.2) is 17.1 Å². The summed E-state index contributed by atoms with van der Waals surface area (Å²) in [4.78, 5) is 36.1. The van der Waals surface area contributed by atoms with Crippen LogP contribution in [-0.2, 0) is 23.9 Å². The average molecular weight is 380 g/mol. The van der Waals surface area contributed by atoms with E-state index in [0.717, 1.165) is 6.08 Å². The Balaban J connectivity index is 2.08. The van der Waals surface area contributed by atoms with Gasteiger partial charge in [0, 0.05) is 24.8 Å². The van der Waals surface area contributed by atoms with Gasteiger partial charge in [-0.3, -0.25) is 4.79 Å². The zero-order valence-electron chi connectivity index (χ0n) is 15.5. The molecule has 8 heteroatoms. The smallest absolute Gasteiger partial charge is 0.346 e. The number of hydrogen-bond donors (Lipinski definition) is 3. The first kappa shape index (κ1) is 19.6. The van der Waals surface area contributed by atoms with Crippen molar-refractivity contribution in [3.8, 4) is 0 Å². The second-order valence-electron chi connectivity index (χ2n) is 7.85. The van der Waals surface area contributed by atoms with Crippen LogP contribution >= 0.6 is 0 Å². The van der Waals surface area contributed by atoms with E-state index in [9.17, 15) is 24.6 Å². The van der Waals surface area contributed by atoms with Crippen molar-refractivity contribution in [3.05, 3.63) is 23.5 Å². The maximum atomic E-state index is 12.6. The Morgan fingerprint density at radius 1 is 1.37 bits per heavy atom. The number of carbonyl (C=O) groups is 3. The van der Waals surface area contributed by atoms with E-state index in [1.807, 2.05) is 6.92 Å². The van der Waals surface area contributed by atoms with E-state index >= 15 is 0 Å². The van der Waals surface area contributed by atoms with Crippen molar-refractivity contribution < 1.29 is 39.2 Å². The van der Waals surface area contributed by atoms with E-state index in [2.05, 4.69) is 0 Å². The van der Waals surface area contributed by atoms with Crippen molar-refractivity contribution in [1.29, 1.82) is 0 Å². The number of rotatable bonds is 6. The third kappa shape index (κ3) is 2.87. The highest BCUT2D eigenvalue weighted by atomic mass is 16.6. The van der Waals surface area contributed by atoms with Gasteiger partial charge in [-0.05, 0) is 20.3 Å². The van der Waals surface area contributed by atoms with Crippen molar-refractivity contribution in [3.63, 3.8) is 0 Å². The van der Waals surface area contributed by atoms with Crippen LogP contribution in [0.25, 0.3) is 0 Å². The molecule has 2 saturated heterocycles. The number of ketones is 1. The van der Waals surface area contributed by atoms with Crippen LogP contribution in [0.4, 0.5) is 0 Å². The van der Waals surface area contributed by atoms with Crippen LogP contribution < -0.4 is 0 Å². The molecule has 3 fully saturated rings. The molecule has 2 bridgehead atoms. The molecule has 0 amide bonds. The number of aliphatic carboxylic acids is 1. The molecule has 4 rings (SSSR count). The number of hydrogen-bond acceptors (Lipinski definition) is 7. The van der Waals surface area contributed by atoms with Gasteiger partial charge >= 0.3 is 11.9 Å². The summed E-state index contributed by atoms with van der Waals surface area (Å²) in [5, 5.41) is 29.2. The number of carbonyl (C=O) groups excluding carboxylic acids is 2. The molecule has 0 aromatic rings. The number of aliphatic hydroxyl groups is 2. The van der Waals surface area contributed by atoms with Crippen molar-refractivity contribution in [2.45, 2.75) is 63.4 Å². The third-order valence-corrected chi connectivity index (χ3v) is 5.98. The molecular formula is C19H24O8. The second kappa shape index (κ2) is 6.45. The molecule has 1 aliphatic carbocycles. The van der Waals surface area contributed by atoms with E-state index in [1.54, 1.807) is 13.8 Å². The lowest BCUT2D eigenvalue weighted by atomic mass is 9.59. The molecule has 1 saturated carbocycles. The van der Waals surface area contributed by atoms with Gasteiger partial charge in [-0.15, -0.1) is 0 Å². The number of Topliss-reactive ketones (excluding diaryl/α,β-unsaturated/α-hetero) is 1. The minimum atomic E-state index is -1.39. The average Bonchev–Trinajstić information content (AvgIpc) is 2.83. The lowest BCUT2D eigenvalue weighted by molar-refractivity contribution is -0.262. The summed E-state index contributed by atoms with van der Waals surface area (Å²) in [6.07, 6.45) is 0.847. The van der Waals surface area contributed by atoms with E-state index in [1.165, 1.54) is 6.08 Å². The Bertz CT molecular complexity index is 751. The first-order valence-electron chi connectivity index (χ1n) is 9.00. The van der Waals surface area contributed by atoms with E-state index in [-0.39, 0.29) is 30.1 Å². The monoisotopic (exact) mass is 380 g/mol. The quantitative estimate of drug-likeness (QED) is 0.349. The minimum absolute atomic E-state index is 0.0461. The molecule has 148 valence electrons. The highest BCUT2D eigenvalue weighted by Crippen LogP contribution is 2.60. The lowest BCUT2D eigenvalue weighted by Crippen LogP contribution is -2.69. The van der Waals surface area contributed by atoms with Gasteiger partial charge in [0.1, 0.15) is 17.3 Å². The summed E-state index contributed by atoms with van der Waals surface area (Å²) >= 11 is 0. The SMILES string of the molecule is CC1C[C@@]23OC(=O)C(C(=O)CC[C@H](C)O)=C2O[C@@]1(C)[C@@H](O)[C@@H]3/C=C/C(=O)O. The fourth-order valence-electron chi connectivity index (χ4n) is 4.29. The van der Waals surface area contributed by atoms with Crippen molar-refractivity contribution in [2.24, 2.45) is 11.8 Å². The molecule has 3 heterocycles. The predicted octanol–water partition coefficient (Wildman–Crippen LogP) is 0.713. The van der Waals surface area contributed by atoms with Gasteiger partial charge in [-0.25, -0.2) is 9.59 Å². The molecule has 3 aliphatic heterocycles. The Labute approximate surface area is 156 Å². The number of esters is 1. The Hall–Kier alpha value is -2.19. The van der Waals surface area contributed by atoms with Gasteiger partial charge in [0.05, 0.1) is 12.0 Å². The van der Waals surface area contributed by atoms with Crippen molar-refractivity contribution in [1.82, 2.24) is 0 Å². The molecule has 1 spiro atoms. The first-order chi connectivity index (χ1) is 12.5. The highest BCUT2D eigenvalue weighted by molar-refractivity contribution is 6.19. The minimum Gasteiger partial charge on any atom is -0.484 e. The van der Waals surface area contributed by atoms with Gasteiger partial charge in [-0.2, -0.15) is 0 Å². The molecular weight excluding hydrogens is 356 g/mol.